The standard InChI is InChI=1S/C12H16BrNOS/c1-8-3-4-14(11(8)5-13)12(15)10-7-16-6-9(10)2/h6-8,11H,3-5H2,1-2H3. The molecule has 0 aromatic carbocycles. The summed E-state index contributed by atoms with van der Waals surface area (Å²) in [5.41, 5.74) is 1.98. The van der Waals surface area contributed by atoms with Gasteiger partial charge in [-0.15, -0.1) is 0 Å². The SMILES string of the molecule is Cc1cscc1C(=O)N1CCC(C)C1CBr. The first-order valence-electron chi connectivity index (χ1n) is 5.55. The Bertz CT molecular complexity index is 390. The molecule has 1 saturated heterocycles. The number of hydrogen-bond donors (Lipinski definition) is 0. The van der Waals surface area contributed by atoms with E-state index in [2.05, 4.69) is 22.9 Å². The van der Waals surface area contributed by atoms with Crippen LogP contribution in [-0.2, 0) is 0 Å². The second-order valence-corrected chi connectivity index (χ2v) is 5.85. The smallest absolute Gasteiger partial charge is 0.255 e. The zero-order chi connectivity index (χ0) is 11.7. The molecule has 2 rings (SSSR count). The van der Waals surface area contributed by atoms with Crippen molar-refractivity contribution in [2.45, 2.75) is 26.3 Å². The summed E-state index contributed by atoms with van der Waals surface area (Å²) in [7, 11) is 0. The van der Waals surface area contributed by atoms with Gasteiger partial charge < -0.3 is 4.90 Å². The largest absolute Gasteiger partial charge is 0.335 e. The number of likely N-dealkylation sites (tertiary alicyclic amines) is 1. The monoisotopic (exact) mass is 301 g/mol. The molecule has 4 heteroatoms. The van der Waals surface area contributed by atoms with E-state index in [1.165, 1.54) is 0 Å². The van der Waals surface area contributed by atoms with Gasteiger partial charge in [0.25, 0.3) is 5.91 Å². The first-order valence-corrected chi connectivity index (χ1v) is 7.61. The fraction of sp³-hybridized carbons (Fsp3) is 0.583. The van der Waals surface area contributed by atoms with Crippen molar-refractivity contribution in [2.24, 2.45) is 5.92 Å². The van der Waals surface area contributed by atoms with Crippen molar-refractivity contribution < 1.29 is 4.79 Å². The van der Waals surface area contributed by atoms with Crippen LogP contribution in [-0.4, -0.2) is 28.7 Å². The van der Waals surface area contributed by atoms with E-state index in [9.17, 15) is 4.79 Å². The lowest BCUT2D eigenvalue weighted by molar-refractivity contribution is 0.0738. The van der Waals surface area contributed by atoms with Crippen LogP contribution in [0.25, 0.3) is 0 Å². The molecule has 2 unspecified atom stereocenters. The number of hydrogen-bond acceptors (Lipinski definition) is 2. The van der Waals surface area contributed by atoms with Crippen LogP contribution in [0, 0.1) is 12.8 Å². The molecule has 1 amide bonds. The van der Waals surface area contributed by atoms with Gasteiger partial charge in [0, 0.05) is 23.3 Å². The van der Waals surface area contributed by atoms with Crippen LogP contribution >= 0.6 is 27.3 Å². The zero-order valence-corrected chi connectivity index (χ0v) is 12.0. The van der Waals surface area contributed by atoms with Crippen LogP contribution in [0.15, 0.2) is 10.8 Å². The van der Waals surface area contributed by atoms with Crippen LogP contribution < -0.4 is 0 Å². The summed E-state index contributed by atoms with van der Waals surface area (Å²) in [6, 6.07) is 0.354. The highest BCUT2D eigenvalue weighted by atomic mass is 79.9. The lowest BCUT2D eigenvalue weighted by atomic mass is 10.0. The molecule has 0 aliphatic carbocycles. The van der Waals surface area contributed by atoms with Crippen LogP contribution in [0.1, 0.15) is 29.3 Å². The predicted octanol–water partition coefficient (Wildman–Crippen LogP) is 3.30. The topological polar surface area (TPSA) is 20.3 Å². The molecular formula is C12H16BrNOS. The molecule has 0 radical (unpaired) electrons. The summed E-state index contributed by atoms with van der Waals surface area (Å²) in [5.74, 6) is 0.801. The minimum Gasteiger partial charge on any atom is -0.335 e. The Morgan fingerprint density at radius 2 is 2.38 bits per heavy atom. The summed E-state index contributed by atoms with van der Waals surface area (Å²) in [6.45, 7) is 5.12. The number of halogens is 1. The molecule has 88 valence electrons. The average molecular weight is 302 g/mol. The number of carbonyl (C=O) groups is 1. The number of rotatable bonds is 2. The highest BCUT2D eigenvalue weighted by molar-refractivity contribution is 9.09. The second kappa shape index (κ2) is 4.88. The summed E-state index contributed by atoms with van der Waals surface area (Å²) in [5, 5.41) is 4.88. The van der Waals surface area contributed by atoms with E-state index in [0.29, 0.717) is 12.0 Å². The van der Waals surface area contributed by atoms with Gasteiger partial charge in [0.15, 0.2) is 0 Å². The molecule has 1 fully saturated rings. The number of alkyl halides is 1. The van der Waals surface area contributed by atoms with Gasteiger partial charge >= 0.3 is 0 Å². The van der Waals surface area contributed by atoms with Crippen LogP contribution in [0.4, 0.5) is 0 Å². The lowest BCUT2D eigenvalue weighted by Gasteiger charge is -2.25. The van der Waals surface area contributed by atoms with Crippen molar-refractivity contribution in [3.05, 3.63) is 21.9 Å². The summed E-state index contributed by atoms with van der Waals surface area (Å²) >= 11 is 5.12. The highest BCUT2D eigenvalue weighted by Gasteiger charge is 2.34. The average Bonchev–Trinajstić information content (AvgIpc) is 2.83. The summed E-state index contributed by atoms with van der Waals surface area (Å²) < 4.78 is 0. The molecule has 0 N–H and O–H groups in total. The Kier molecular flexibility index (Phi) is 3.70. The van der Waals surface area contributed by atoms with Crippen molar-refractivity contribution in [1.29, 1.82) is 0 Å². The molecule has 1 aliphatic heterocycles. The van der Waals surface area contributed by atoms with E-state index in [4.69, 9.17) is 0 Å². The van der Waals surface area contributed by atoms with Gasteiger partial charge in [-0.2, -0.15) is 11.3 Å². The van der Waals surface area contributed by atoms with Crippen molar-refractivity contribution in [3.63, 3.8) is 0 Å². The summed E-state index contributed by atoms with van der Waals surface area (Å²) in [6.07, 6.45) is 1.12. The number of carbonyl (C=O) groups excluding carboxylic acids is 1. The Labute approximate surface area is 109 Å². The van der Waals surface area contributed by atoms with Crippen molar-refractivity contribution >= 4 is 33.2 Å². The fourth-order valence-corrected chi connectivity index (χ4v) is 4.04. The molecule has 16 heavy (non-hydrogen) atoms. The van der Waals surface area contributed by atoms with Gasteiger partial charge in [-0.05, 0) is 30.2 Å². The Morgan fingerprint density at radius 3 is 2.94 bits per heavy atom. The second-order valence-electron chi connectivity index (χ2n) is 4.45. The number of aryl methyl sites for hydroxylation is 1. The van der Waals surface area contributed by atoms with Crippen molar-refractivity contribution in [3.8, 4) is 0 Å². The summed E-state index contributed by atoms with van der Waals surface area (Å²) in [4.78, 5) is 14.4. The molecule has 0 spiro atoms. The van der Waals surface area contributed by atoms with Gasteiger partial charge in [-0.1, -0.05) is 22.9 Å². The van der Waals surface area contributed by atoms with Crippen LogP contribution in [0.3, 0.4) is 0 Å². The predicted molar refractivity (Wildman–Crippen MR) is 71.5 cm³/mol. The van der Waals surface area contributed by atoms with E-state index < -0.39 is 0 Å². The normalized spacial score (nSPS) is 25.1. The van der Waals surface area contributed by atoms with Crippen molar-refractivity contribution in [2.75, 3.05) is 11.9 Å². The van der Waals surface area contributed by atoms with E-state index in [1.807, 2.05) is 22.6 Å². The van der Waals surface area contributed by atoms with Gasteiger partial charge in [0.2, 0.25) is 0 Å². The van der Waals surface area contributed by atoms with Crippen LogP contribution in [0.5, 0.6) is 0 Å². The van der Waals surface area contributed by atoms with E-state index in [0.717, 1.165) is 29.4 Å². The van der Waals surface area contributed by atoms with E-state index in [1.54, 1.807) is 11.3 Å². The first kappa shape index (κ1) is 12.1. The maximum absolute atomic E-state index is 12.4. The molecular weight excluding hydrogens is 286 g/mol. The number of amides is 1. The minimum atomic E-state index is 0.201. The molecule has 1 aromatic rings. The molecule has 2 nitrogen and oxygen atoms in total. The quantitative estimate of drug-likeness (QED) is 0.768. The van der Waals surface area contributed by atoms with Gasteiger partial charge in [-0.25, -0.2) is 0 Å². The molecule has 2 atom stereocenters. The molecule has 2 heterocycles. The van der Waals surface area contributed by atoms with E-state index >= 15 is 0 Å². The Balaban J connectivity index is 2.20. The molecule has 0 bridgehead atoms. The maximum Gasteiger partial charge on any atom is 0.255 e. The molecule has 1 aliphatic rings. The van der Waals surface area contributed by atoms with Gasteiger partial charge in [0.05, 0.1) is 5.56 Å². The third kappa shape index (κ3) is 2.05. The third-order valence-corrected chi connectivity index (χ3v) is 4.91. The Morgan fingerprint density at radius 1 is 1.62 bits per heavy atom. The van der Waals surface area contributed by atoms with Crippen LogP contribution in [0.2, 0.25) is 0 Å². The molecule has 0 saturated carbocycles. The van der Waals surface area contributed by atoms with E-state index in [-0.39, 0.29) is 5.91 Å². The van der Waals surface area contributed by atoms with Gasteiger partial charge in [-0.3, -0.25) is 4.79 Å². The maximum atomic E-state index is 12.4. The highest BCUT2D eigenvalue weighted by Crippen LogP contribution is 2.28. The number of nitrogens with zero attached hydrogens (tertiary/aromatic N) is 1. The molecule has 1 aromatic heterocycles. The lowest BCUT2D eigenvalue weighted by Crippen LogP contribution is -2.38. The minimum absolute atomic E-state index is 0.201. The third-order valence-electron chi connectivity index (χ3n) is 3.39. The first-order chi connectivity index (χ1) is 7.65. The zero-order valence-electron chi connectivity index (χ0n) is 9.57. The Hall–Kier alpha value is -0.350. The van der Waals surface area contributed by atoms with Gasteiger partial charge in [0.1, 0.15) is 0 Å². The number of thiophene rings is 1. The fourth-order valence-electron chi connectivity index (χ4n) is 2.23. The van der Waals surface area contributed by atoms with Crippen molar-refractivity contribution in [1.82, 2.24) is 4.90 Å².